The van der Waals surface area contributed by atoms with Gasteiger partial charge in [0.15, 0.2) is 5.78 Å². The molecule has 0 heterocycles. The zero-order valence-corrected chi connectivity index (χ0v) is 15.3. The van der Waals surface area contributed by atoms with E-state index in [0.29, 0.717) is 0 Å². The lowest BCUT2D eigenvalue weighted by molar-refractivity contribution is 0.0988. The number of fused-ring (bicyclic) bond motifs is 1. The topological polar surface area (TPSA) is 29.4 Å². The summed E-state index contributed by atoms with van der Waals surface area (Å²) in [4.78, 5) is 18.0. The van der Waals surface area contributed by atoms with E-state index in [4.69, 9.17) is 4.99 Å². The zero-order chi connectivity index (χ0) is 17.4. The van der Waals surface area contributed by atoms with Crippen LogP contribution in [0.5, 0.6) is 0 Å². The number of aryl methyl sites for hydroxylation is 1. The van der Waals surface area contributed by atoms with Crippen molar-refractivity contribution in [2.45, 2.75) is 12.8 Å². The van der Waals surface area contributed by atoms with Crippen LogP contribution in [-0.2, 0) is 0 Å². The second-order valence-electron chi connectivity index (χ2n) is 6.23. The molecule has 3 aromatic carbocycles. The number of hydrogen-bond donors (Lipinski definition) is 0. The molecule has 122 valence electrons. The summed E-state index contributed by atoms with van der Waals surface area (Å²) >= 11 is 3.51. The first kappa shape index (κ1) is 16.0. The third-order valence-electron chi connectivity index (χ3n) is 4.44. The van der Waals surface area contributed by atoms with Crippen LogP contribution in [0.2, 0.25) is 0 Å². The molecule has 0 fully saturated rings. The van der Waals surface area contributed by atoms with Gasteiger partial charge in [0.25, 0.3) is 0 Å². The van der Waals surface area contributed by atoms with E-state index in [1.807, 2.05) is 79.7 Å². The molecule has 4 rings (SSSR count). The Morgan fingerprint density at radius 2 is 1.64 bits per heavy atom. The quantitative estimate of drug-likeness (QED) is 0.539. The Hall–Kier alpha value is -2.52. The van der Waals surface area contributed by atoms with E-state index in [9.17, 15) is 4.79 Å². The van der Waals surface area contributed by atoms with Crippen LogP contribution in [0.25, 0.3) is 0 Å². The Morgan fingerprint density at radius 3 is 2.40 bits per heavy atom. The fourth-order valence-corrected chi connectivity index (χ4v) is 3.73. The summed E-state index contributed by atoms with van der Waals surface area (Å²) in [5, 5.41) is 0. The molecule has 0 saturated heterocycles. The van der Waals surface area contributed by atoms with Gasteiger partial charge in [-0.05, 0) is 42.3 Å². The Bertz CT molecular complexity index is 1010. The normalized spacial score (nSPS) is 17.8. The van der Waals surface area contributed by atoms with Gasteiger partial charge < -0.3 is 0 Å². The maximum Gasteiger partial charge on any atom is 0.176 e. The summed E-state index contributed by atoms with van der Waals surface area (Å²) < 4.78 is 0.962. The average molecular weight is 390 g/mol. The van der Waals surface area contributed by atoms with Gasteiger partial charge in [0.05, 0.1) is 17.3 Å². The Labute approximate surface area is 155 Å². The highest BCUT2D eigenvalue weighted by Gasteiger charge is 2.37. The molecule has 0 aliphatic heterocycles. The Balaban J connectivity index is 1.92. The van der Waals surface area contributed by atoms with E-state index in [-0.39, 0.29) is 11.7 Å². The molecule has 3 aromatic rings. The molecular formula is C22H16BrNO. The first-order chi connectivity index (χ1) is 12.1. The molecule has 3 heteroatoms. The highest BCUT2D eigenvalue weighted by Crippen LogP contribution is 2.36. The number of rotatable bonds is 2. The molecule has 0 N–H and O–H groups in total. The number of hydrogen-bond acceptors (Lipinski definition) is 2. The molecule has 1 aliphatic carbocycles. The van der Waals surface area contributed by atoms with Gasteiger partial charge in [-0.15, -0.1) is 0 Å². The summed E-state index contributed by atoms with van der Waals surface area (Å²) in [6.45, 7) is 2.04. The van der Waals surface area contributed by atoms with E-state index < -0.39 is 0 Å². The van der Waals surface area contributed by atoms with Crippen molar-refractivity contribution in [3.63, 3.8) is 0 Å². The number of nitrogens with zero attached hydrogens (tertiary/aromatic N) is 1. The number of carbonyl (C=O) groups excluding carboxylic acids is 1. The molecule has 25 heavy (non-hydrogen) atoms. The van der Waals surface area contributed by atoms with Crippen molar-refractivity contribution < 1.29 is 4.79 Å². The molecule has 0 saturated carbocycles. The molecule has 1 unspecified atom stereocenters. The lowest BCUT2D eigenvalue weighted by atomic mass is 9.93. The molecule has 0 bridgehead atoms. The summed E-state index contributed by atoms with van der Waals surface area (Å²) in [7, 11) is 0. The van der Waals surface area contributed by atoms with Gasteiger partial charge in [0, 0.05) is 15.6 Å². The molecular weight excluding hydrogens is 374 g/mol. The number of Topliss-reactive ketones (excluding diaryl/α,β-unsaturated/α-hetero) is 1. The van der Waals surface area contributed by atoms with Crippen LogP contribution in [-0.4, -0.2) is 11.5 Å². The van der Waals surface area contributed by atoms with Gasteiger partial charge >= 0.3 is 0 Å². The predicted octanol–water partition coefficient (Wildman–Crippen LogP) is 5.86. The number of halogens is 1. The average Bonchev–Trinajstić information content (AvgIpc) is 2.88. The SMILES string of the molecule is Cc1cccc(N=C2c3ccccc3C(=O)C2c2cccc(Br)c2)c1. The smallest absolute Gasteiger partial charge is 0.176 e. The maximum absolute atomic E-state index is 13.1. The monoisotopic (exact) mass is 389 g/mol. The third-order valence-corrected chi connectivity index (χ3v) is 4.93. The minimum atomic E-state index is -0.365. The van der Waals surface area contributed by atoms with Gasteiger partial charge in [-0.3, -0.25) is 9.79 Å². The summed E-state index contributed by atoms with van der Waals surface area (Å²) in [6, 6.07) is 23.7. The van der Waals surface area contributed by atoms with Gasteiger partial charge in [0.1, 0.15) is 0 Å². The van der Waals surface area contributed by atoms with Crippen molar-refractivity contribution in [3.8, 4) is 0 Å². The maximum atomic E-state index is 13.1. The molecule has 0 amide bonds. The van der Waals surface area contributed by atoms with E-state index in [1.165, 1.54) is 0 Å². The molecule has 0 aromatic heterocycles. The van der Waals surface area contributed by atoms with Gasteiger partial charge in [-0.25, -0.2) is 0 Å². The van der Waals surface area contributed by atoms with Crippen molar-refractivity contribution in [1.29, 1.82) is 0 Å². The van der Waals surface area contributed by atoms with Crippen molar-refractivity contribution >= 4 is 33.1 Å². The second-order valence-corrected chi connectivity index (χ2v) is 7.15. The van der Waals surface area contributed by atoms with Gasteiger partial charge in [-0.2, -0.15) is 0 Å². The number of carbonyl (C=O) groups is 1. The molecule has 1 aliphatic rings. The molecule has 1 atom stereocenters. The van der Waals surface area contributed by atoms with Crippen LogP contribution in [0, 0.1) is 6.92 Å². The van der Waals surface area contributed by atoms with Gasteiger partial charge in [-0.1, -0.05) is 64.5 Å². The highest BCUT2D eigenvalue weighted by atomic mass is 79.9. The van der Waals surface area contributed by atoms with E-state index >= 15 is 0 Å². The summed E-state index contributed by atoms with van der Waals surface area (Å²) in [6.07, 6.45) is 0. The minimum Gasteiger partial charge on any atom is -0.293 e. The third kappa shape index (κ3) is 2.96. The first-order valence-electron chi connectivity index (χ1n) is 8.18. The van der Waals surface area contributed by atoms with Crippen LogP contribution in [0.15, 0.2) is 82.3 Å². The highest BCUT2D eigenvalue weighted by molar-refractivity contribution is 9.10. The summed E-state index contributed by atoms with van der Waals surface area (Å²) in [5.74, 6) is -0.254. The van der Waals surface area contributed by atoms with E-state index in [1.54, 1.807) is 0 Å². The van der Waals surface area contributed by atoms with Crippen LogP contribution < -0.4 is 0 Å². The van der Waals surface area contributed by atoms with Crippen molar-refractivity contribution in [3.05, 3.63) is 99.5 Å². The van der Waals surface area contributed by atoms with Crippen LogP contribution in [0.4, 0.5) is 5.69 Å². The van der Waals surface area contributed by atoms with Gasteiger partial charge in [0.2, 0.25) is 0 Å². The van der Waals surface area contributed by atoms with Crippen LogP contribution in [0.3, 0.4) is 0 Å². The fourth-order valence-electron chi connectivity index (χ4n) is 3.31. The first-order valence-corrected chi connectivity index (χ1v) is 8.97. The largest absolute Gasteiger partial charge is 0.293 e. The molecule has 0 radical (unpaired) electrons. The summed E-state index contributed by atoms with van der Waals surface area (Å²) in [5.41, 5.74) is 5.49. The number of benzene rings is 3. The van der Waals surface area contributed by atoms with Crippen LogP contribution in [0.1, 0.15) is 33.0 Å². The lowest BCUT2D eigenvalue weighted by Crippen LogP contribution is -2.13. The van der Waals surface area contributed by atoms with E-state index in [2.05, 4.69) is 15.9 Å². The van der Waals surface area contributed by atoms with Crippen molar-refractivity contribution in [2.75, 3.05) is 0 Å². The van der Waals surface area contributed by atoms with Crippen molar-refractivity contribution in [2.24, 2.45) is 4.99 Å². The number of aliphatic imine (C=N–C) groups is 1. The second kappa shape index (κ2) is 6.41. The zero-order valence-electron chi connectivity index (χ0n) is 13.7. The van der Waals surface area contributed by atoms with E-state index in [0.717, 1.165) is 38.1 Å². The van der Waals surface area contributed by atoms with Crippen LogP contribution >= 0.6 is 15.9 Å². The molecule has 2 nitrogen and oxygen atoms in total. The lowest BCUT2D eigenvalue weighted by Gasteiger charge is -2.12. The Morgan fingerprint density at radius 1 is 0.880 bits per heavy atom. The minimum absolute atomic E-state index is 0.111. The number of ketones is 1. The predicted molar refractivity (Wildman–Crippen MR) is 105 cm³/mol. The molecule has 0 spiro atoms. The fraction of sp³-hybridized carbons (Fsp3) is 0.0909. The standard InChI is InChI=1S/C22H16BrNO/c1-14-6-4-9-17(12-14)24-21-18-10-2-3-11-19(18)22(25)20(21)15-7-5-8-16(23)13-15/h2-13,20H,1H3. The Kier molecular flexibility index (Phi) is 4.10. The van der Waals surface area contributed by atoms with Crippen molar-refractivity contribution in [1.82, 2.24) is 0 Å².